The lowest BCUT2D eigenvalue weighted by molar-refractivity contribution is 0.303. The van der Waals surface area contributed by atoms with Crippen LogP contribution in [-0.4, -0.2) is 9.78 Å². The molecule has 2 aromatic rings. The first-order valence-electron chi connectivity index (χ1n) is 5.56. The zero-order valence-corrected chi connectivity index (χ0v) is 11.3. The van der Waals surface area contributed by atoms with Crippen molar-refractivity contribution < 1.29 is 9.13 Å². The summed E-state index contributed by atoms with van der Waals surface area (Å²) in [6, 6.07) is 4.79. The number of aryl methyl sites for hydroxylation is 3. The number of ether oxygens (including phenoxy) is 1. The van der Waals surface area contributed by atoms with E-state index in [0.717, 1.165) is 11.3 Å². The summed E-state index contributed by atoms with van der Waals surface area (Å²) in [4.78, 5) is 0. The van der Waals surface area contributed by atoms with Gasteiger partial charge >= 0.3 is 0 Å². The minimum absolute atomic E-state index is 0.276. The first kappa shape index (κ1) is 12.9. The number of rotatable bonds is 3. The molecular formula is C13H14ClFN2O. The highest BCUT2D eigenvalue weighted by atomic mass is 35.5. The molecule has 3 nitrogen and oxygen atoms in total. The Morgan fingerprint density at radius 2 is 2.11 bits per heavy atom. The largest absolute Gasteiger partial charge is 0.489 e. The van der Waals surface area contributed by atoms with Crippen molar-refractivity contribution in [2.45, 2.75) is 20.5 Å². The van der Waals surface area contributed by atoms with Crippen LogP contribution in [0.25, 0.3) is 0 Å². The van der Waals surface area contributed by atoms with Gasteiger partial charge in [0, 0.05) is 18.7 Å². The molecule has 1 aromatic heterocycles. The zero-order valence-electron chi connectivity index (χ0n) is 10.5. The molecule has 0 radical (unpaired) electrons. The van der Waals surface area contributed by atoms with Gasteiger partial charge in [-0.15, -0.1) is 0 Å². The van der Waals surface area contributed by atoms with Crippen molar-refractivity contribution in [2.24, 2.45) is 7.05 Å². The van der Waals surface area contributed by atoms with Crippen LogP contribution < -0.4 is 4.74 Å². The summed E-state index contributed by atoms with van der Waals surface area (Å²) in [7, 11) is 1.77. The quantitative estimate of drug-likeness (QED) is 0.853. The number of benzene rings is 1. The molecule has 5 heteroatoms. The van der Waals surface area contributed by atoms with Gasteiger partial charge in [0.1, 0.15) is 23.3 Å². The summed E-state index contributed by atoms with van der Waals surface area (Å²) in [5.41, 5.74) is 2.23. The molecule has 0 aliphatic heterocycles. The molecule has 18 heavy (non-hydrogen) atoms. The molecule has 1 aromatic carbocycles. The Kier molecular flexibility index (Phi) is 3.57. The standard InChI is InChI=1S/C13H14ClFN2O/c1-8-4-5-10(6-12(8)15)18-7-11-9(2)16-17(3)13(11)14/h4-6H,7H2,1-3H3. The lowest BCUT2D eigenvalue weighted by Crippen LogP contribution is -1.98. The molecule has 0 amide bonds. The SMILES string of the molecule is Cc1ccc(OCc2c(C)nn(C)c2Cl)cc1F. The van der Waals surface area contributed by atoms with Crippen LogP contribution in [0.3, 0.4) is 0 Å². The van der Waals surface area contributed by atoms with Gasteiger partial charge in [-0.1, -0.05) is 17.7 Å². The van der Waals surface area contributed by atoms with Crippen LogP contribution in [0.2, 0.25) is 5.15 Å². The highest BCUT2D eigenvalue weighted by molar-refractivity contribution is 6.30. The van der Waals surface area contributed by atoms with Crippen LogP contribution in [0.15, 0.2) is 18.2 Å². The van der Waals surface area contributed by atoms with E-state index in [1.54, 1.807) is 30.8 Å². The van der Waals surface area contributed by atoms with E-state index >= 15 is 0 Å². The summed E-state index contributed by atoms with van der Waals surface area (Å²) in [5.74, 6) is 0.207. The van der Waals surface area contributed by atoms with Crippen molar-refractivity contribution in [3.63, 3.8) is 0 Å². The summed E-state index contributed by atoms with van der Waals surface area (Å²) >= 11 is 6.08. The third-order valence-electron chi connectivity index (χ3n) is 2.80. The van der Waals surface area contributed by atoms with Gasteiger partial charge in [0.15, 0.2) is 0 Å². The van der Waals surface area contributed by atoms with E-state index in [1.807, 2.05) is 6.92 Å². The molecule has 0 unspecified atom stereocenters. The maximum atomic E-state index is 13.3. The van der Waals surface area contributed by atoms with Gasteiger partial charge in [0.25, 0.3) is 0 Å². The van der Waals surface area contributed by atoms with Crippen molar-refractivity contribution in [1.29, 1.82) is 0 Å². The van der Waals surface area contributed by atoms with E-state index in [4.69, 9.17) is 16.3 Å². The molecule has 0 fully saturated rings. The molecule has 0 aliphatic carbocycles. The topological polar surface area (TPSA) is 27.1 Å². The van der Waals surface area contributed by atoms with E-state index in [2.05, 4.69) is 5.10 Å². The van der Waals surface area contributed by atoms with Crippen LogP contribution in [0.5, 0.6) is 5.75 Å². The summed E-state index contributed by atoms with van der Waals surface area (Å²) in [5, 5.41) is 4.73. The molecule has 0 saturated heterocycles. The van der Waals surface area contributed by atoms with Crippen molar-refractivity contribution in [2.75, 3.05) is 0 Å². The number of aromatic nitrogens is 2. The van der Waals surface area contributed by atoms with Crippen molar-refractivity contribution in [1.82, 2.24) is 9.78 Å². The van der Waals surface area contributed by atoms with E-state index in [9.17, 15) is 4.39 Å². The van der Waals surface area contributed by atoms with Crippen LogP contribution >= 0.6 is 11.6 Å². The summed E-state index contributed by atoms with van der Waals surface area (Å²) < 4.78 is 20.5. The average molecular weight is 269 g/mol. The van der Waals surface area contributed by atoms with Crippen LogP contribution in [0.1, 0.15) is 16.8 Å². The normalized spacial score (nSPS) is 10.7. The summed E-state index contributed by atoms with van der Waals surface area (Å²) in [6.45, 7) is 3.85. The van der Waals surface area contributed by atoms with Gasteiger partial charge in [-0.2, -0.15) is 5.10 Å². The van der Waals surface area contributed by atoms with Crippen LogP contribution in [-0.2, 0) is 13.7 Å². The molecule has 96 valence electrons. The molecule has 2 rings (SSSR count). The predicted octanol–water partition coefficient (Wildman–Crippen LogP) is 3.41. The molecule has 1 heterocycles. The minimum atomic E-state index is -0.276. The van der Waals surface area contributed by atoms with Gasteiger partial charge in [-0.05, 0) is 25.5 Å². The molecule has 0 spiro atoms. The predicted molar refractivity (Wildman–Crippen MR) is 68.4 cm³/mol. The Morgan fingerprint density at radius 1 is 1.39 bits per heavy atom. The van der Waals surface area contributed by atoms with Crippen molar-refractivity contribution in [3.8, 4) is 5.75 Å². The Balaban J connectivity index is 2.14. The van der Waals surface area contributed by atoms with Crippen LogP contribution in [0.4, 0.5) is 4.39 Å². The van der Waals surface area contributed by atoms with Gasteiger partial charge in [-0.3, -0.25) is 4.68 Å². The second-order valence-electron chi connectivity index (χ2n) is 4.18. The van der Waals surface area contributed by atoms with Gasteiger partial charge in [0.2, 0.25) is 0 Å². The first-order valence-corrected chi connectivity index (χ1v) is 5.93. The Bertz CT molecular complexity index is 581. The molecule has 0 saturated carbocycles. The molecule has 0 atom stereocenters. The minimum Gasteiger partial charge on any atom is -0.489 e. The van der Waals surface area contributed by atoms with E-state index in [0.29, 0.717) is 16.5 Å². The lowest BCUT2D eigenvalue weighted by Gasteiger charge is -2.07. The Morgan fingerprint density at radius 3 is 2.67 bits per heavy atom. The van der Waals surface area contributed by atoms with E-state index in [-0.39, 0.29) is 12.4 Å². The molecule has 0 bridgehead atoms. The fourth-order valence-corrected chi connectivity index (χ4v) is 1.89. The van der Waals surface area contributed by atoms with Crippen molar-refractivity contribution >= 4 is 11.6 Å². The second kappa shape index (κ2) is 4.98. The van der Waals surface area contributed by atoms with E-state index < -0.39 is 0 Å². The maximum absolute atomic E-state index is 13.3. The number of hydrogen-bond acceptors (Lipinski definition) is 2. The Hall–Kier alpha value is -1.55. The van der Waals surface area contributed by atoms with Gasteiger partial charge in [-0.25, -0.2) is 4.39 Å². The fourth-order valence-electron chi connectivity index (χ4n) is 1.66. The summed E-state index contributed by atoms with van der Waals surface area (Å²) in [6.07, 6.45) is 0. The molecule has 0 N–H and O–H groups in total. The smallest absolute Gasteiger partial charge is 0.133 e. The highest BCUT2D eigenvalue weighted by Gasteiger charge is 2.12. The van der Waals surface area contributed by atoms with Gasteiger partial charge < -0.3 is 4.74 Å². The van der Waals surface area contributed by atoms with Crippen LogP contribution in [0, 0.1) is 19.7 Å². The van der Waals surface area contributed by atoms with Crippen molar-refractivity contribution in [3.05, 3.63) is 46.0 Å². The number of hydrogen-bond donors (Lipinski definition) is 0. The maximum Gasteiger partial charge on any atom is 0.133 e. The van der Waals surface area contributed by atoms with E-state index in [1.165, 1.54) is 6.07 Å². The monoisotopic (exact) mass is 268 g/mol. The Labute approximate surface area is 110 Å². The first-order chi connectivity index (χ1) is 8.49. The molecule has 0 aliphatic rings. The third-order valence-corrected chi connectivity index (χ3v) is 3.27. The number of nitrogens with zero attached hydrogens (tertiary/aromatic N) is 2. The van der Waals surface area contributed by atoms with Gasteiger partial charge in [0.05, 0.1) is 5.69 Å². The number of halogens is 2. The lowest BCUT2D eigenvalue weighted by atomic mass is 10.2. The highest BCUT2D eigenvalue weighted by Crippen LogP contribution is 2.22. The third kappa shape index (κ3) is 2.48. The fraction of sp³-hybridized carbons (Fsp3) is 0.308. The zero-order chi connectivity index (χ0) is 13.3. The second-order valence-corrected chi connectivity index (χ2v) is 4.54. The average Bonchev–Trinajstić information content (AvgIpc) is 2.56. The molecular weight excluding hydrogens is 255 g/mol.